The molecule has 1 aliphatic rings. The van der Waals surface area contributed by atoms with Gasteiger partial charge in [0.2, 0.25) is 5.91 Å². The molecule has 29 heavy (non-hydrogen) atoms. The van der Waals surface area contributed by atoms with Gasteiger partial charge in [-0.2, -0.15) is 0 Å². The Morgan fingerprint density at radius 1 is 1.17 bits per heavy atom. The molecule has 3 rings (SSSR count). The molecule has 0 fully saturated rings. The second-order valence-electron chi connectivity index (χ2n) is 7.23. The summed E-state index contributed by atoms with van der Waals surface area (Å²) in [5.74, 6) is 0.561. The van der Waals surface area contributed by atoms with Crippen molar-refractivity contribution in [1.82, 2.24) is 15.6 Å². The van der Waals surface area contributed by atoms with E-state index in [0.717, 1.165) is 39.0 Å². The number of fused-ring (bicyclic) bond motifs is 1. The predicted octanol–water partition coefficient (Wildman–Crippen LogP) is 2.70. The number of urea groups is 1. The third-order valence-electron chi connectivity index (χ3n) is 4.69. The number of aryl methyl sites for hydroxylation is 2. The molecule has 0 saturated carbocycles. The van der Waals surface area contributed by atoms with E-state index in [4.69, 9.17) is 0 Å². The fraction of sp³-hybridized carbons (Fsp3) is 0.381. The molecule has 0 aliphatic carbocycles. The van der Waals surface area contributed by atoms with Crippen LogP contribution in [0.2, 0.25) is 0 Å². The third kappa shape index (κ3) is 5.20. The lowest BCUT2D eigenvalue weighted by Crippen LogP contribution is -2.46. The molecule has 0 spiro atoms. The number of rotatable bonds is 5. The topological polar surface area (TPSA) is 77.6 Å². The van der Waals surface area contributed by atoms with E-state index in [2.05, 4.69) is 15.6 Å². The van der Waals surface area contributed by atoms with Crippen molar-refractivity contribution < 1.29 is 9.59 Å². The number of thioether (sulfide) groups is 1. The Hall–Kier alpha value is -2.74. The van der Waals surface area contributed by atoms with Crippen molar-refractivity contribution in [3.05, 3.63) is 47.2 Å². The van der Waals surface area contributed by atoms with Crippen LogP contribution in [0, 0.1) is 13.8 Å². The first kappa shape index (κ1) is 21.0. The van der Waals surface area contributed by atoms with Crippen LogP contribution in [-0.2, 0) is 11.3 Å². The molecule has 7 nitrogen and oxygen atoms in total. The first-order valence-corrected chi connectivity index (χ1v) is 10.5. The Morgan fingerprint density at radius 2 is 1.90 bits per heavy atom. The molecule has 2 N–H and O–H groups in total. The molecule has 0 unspecified atom stereocenters. The number of nitrogens with zero attached hydrogens (tertiary/aromatic N) is 3. The van der Waals surface area contributed by atoms with Crippen molar-refractivity contribution in [3.8, 4) is 0 Å². The number of carbonyl (C=O) groups is 2. The standard InChI is InChI=1S/C21H27N5O2S/c1-14-11-15(2)24-20-19(14)26(9-10-29-20)21(28)23-13-18(27)22-12-16-5-7-17(8-6-16)25(3)4/h5-8,11H,9-10,12-13H2,1-4H3,(H,22,27)(H,23,28). The lowest BCUT2D eigenvalue weighted by Gasteiger charge is -2.30. The van der Waals surface area contributed by atoms with E-state index >= 15 is 0 Å². The lowest BCUT2D eigenvalue weighted by atomic mass is 10.2. The molecule has 0 saturated heterocycles. The van der Waals surface area contributed by atoms with Gasteiger partial charge in [-0.1, -0.05) is 12.1 Å². The average Bonchev–Trinajstić information content (AvgIpc) is 2.70. The zero-order chi connectivity index (χ0) is 21.0. The monoisotopic (exact) mass is 413 g/mol. The van der Waals surface area contributed by atoms with Gasteiger partial charge in [0.1, 0.15) is 5.03 Å². The molecule has 1 aliphatic heterocycles. The van der Waals surface area contributed by atoms with Crippen molar-refractivity contribution in [2.24, 2.45) is 0 Å². The van der Waals surface area contributed by atoms with Crippen LogP contribution in [0.1, 0.15) is 16.8 Å². The number of hydrogen-bond acceptors (Lipinski definition) is 5. The molecular formula is C21H27N5O2S. The third-order valence-corrected chi connectivity index (χ3v) is 5.64. The lowest BCUT2D eigenvalue weighted by molar-refractivity contribution is -0.120. The number of anilines is 2. The number of aromatic nitrogens is 1. The minimum absolute atomic E-state index is 0.0636. The highest BCUT2D eigenvalue weighted by atomic mass is 32.2. The zero-order valence-corrected chi connectivity index (χ0v) is 18.1. The molecular weight excluding hydrogens is 386 g/mol. The summed E-state index contributed by atoms with van der Waals surface area (Å²) < 4.78 is 0. The van der Waals surface area contributed by atoms with Gasteiger partial charge in [-0.15, -0.1) is 11.8 Å². The quantitative estimate of drug-likeness (QED) is 0.788. The summed E-state index contributed by atoms with van der Waals surface area (Å²) in [5, 5.41) is 6.44. The van der Waals surface area contributed by atoms with Crippen molar-refractivity contribution in [2.45, 2.75) is 25.4 Å². The number of carbonyl (C=O) groups excluding carboxylic acids is 2. The second kappa shape index (κ2) is 9.17. The zero-order valence-electron chi connectivity index (χ0n) is 17.3. The summed E-state index contributed by atoms with van der Waals surface area (Å²) in [7, 11) is 3.97. The minimum atomic E-state index is -0.272. The summed E-state index contributed by atoms with van der Waals surface area (Å²) in [6.45, 7) is 4.88. The van der Waals surface area contributed by atoms with Gasteiger partial charge in [0.25, 0.3) is 0 Å². The fourth-order valence-corrected chi connectivity index (χ4v) is 4.28. The molecule has 0 bridgehead atoms. The molecule has 0 radical (unpaired) electrons. The fourth-order valence-electron chi connectivity index (χ4n) is 3.20. The van der Waals surface area contributed by atoms with Crippen molar-refractivity contribution >= 4 is 35.1 Å². The van der Waals surface area contributed by atoms with Gasteiger partial charge in [-0.05, 0) is 43.2 Å². The van der Waals surface area contributed by atoms with Crippen molar-refractivity contribution in [1.29, 1.82) is 0 Å². The van der Waals surface area contributed by atoms with Gasteiger partial charge < -0.3 is 15.5 Å². The van der Waals surface area contributed by atoms with Crippen LogP contribution in [0.3, 0.4) is 0 Å². The van der Waals surface area contributed by atoms with Crippen LogP contribution in [0.15, 0.2) is 35.4 Å². The average molecular weight is 414 g/mol. The highest BCUT2D eigenvalue weighted by Crippen LogP contribution is 2.36. The Balaban J connectivity index is 1.53. The van der Waals surface area contributed by atoms with Crippen LogP contribution >= 0.6 is 11.8 Å². The number of amides is 3. The largest absolute Gasteiger partial charge is 0.378 e. The first-order valence-electron chi connectivity index (χ1n) is 9.54. The Kier molecular flexibility index (Phi) is 6.64. The van der Waals surface area contributed by atoms with Gasteiger partial charge in [0.05, 0.1) is 12.2 Å². The summed E-state index contributed by atoms with van der Waals surface area (Å²) in [4.78, 5) is 33.1. The molecule has 3 amide bonds. The second-order valence-corrected chi connectivity index (χ2v) is 8.31. The van der Waals surface area contributed by atoms with E-state index in [9.17, 15) is 9.59 Å². The van der Waals surface area contributed by atoms with Crippen LogP contribution in [-0.4, -0.2) is 49.9 Å². The van der Waals surface area contributed by atoms with Crippen molar-refractivity contribution in [3.63, 3.8) is 0 Å². The van der Waals surface area contributed by atoms with Crippen LogP contribution in [0.25, 0.3) is 0 Å². The Morgan fingerprint density at radius 3 is 2.59 bits per heavy atom. The van der Waals surface area contributed by atoms with E-state index < -0.39 is 0 Å². The molecule has 2 aromatic rings. The van der Waals surface area contributed by atoms with Crippen LogP contribution < -0.4 is 20.4 Å². The maximum atomic E-state index is 12.7. The number of hydrogen-bond donors (Lipinski definition) is 2. The Bertz CT molecular complexity index is 899. The molecule has 154 valence electrons. The van der Waals surface area contributed by atoms with Crippen molar-refractivity contribution in [2.75, 3.05) is 42.7 Å². The van der Waals surface area contributed by atoms with E-state index in [1.807, 2.05) is 63.2 Å². The van der Waals surface area contributed by atoms with Crippen LogP contribution in [0.5, 0.6) is 0 Å². The maximum Gasteiger partial charge on any atom is 0.322 e. The van der Waals surface area contributed by atoms with E-state index in [1.165, 1.54) is 0 Å². The summed E-state index contributed by atoms with van der Waals surface area (Å²) >= 11 is 1.66. The number of benzene rings is 1. The van der Waals surface area contributed by atoms with Gasteiger partial charge in [-0.25, -0.2) is 9.78 Å². The number of nitrogens with one attached hydrogen (secondary N) is 2. The van der Waals surface area contributed by atoms with Gasteiger partial charge in [-0.3, -0.25) is 9.69 Å². The van der Waals surface area contributed by atoms with E-state index in [0.29, 0.717) is 13.1 Å². The minimum Gasteiger partial charge on any atom is -0.378 e. The smallest absolute Gasteiger partial charge is 0.322 e. The molecule has 2 heterocycles. The molecule has 8 heteroatoms. The van der Waals surface area contributed by atoms with Crippen LogP contribution in [0.4, 0.5) is 16.2 Å². The maximum absolute atomic E-state index is 12.7. The highest BCUT2D eigenvalue weighted by Gasteiger charge is 2.26. The summed E-state index contributed by atoms with van der Waals surface area (Å²) in [6.07, 6.45) is 0. The summed E-state index contributed by atoms with van der Waals surface area (Å²) in [6, 6.07) is 9.67. The van der Waals surface area contributed by atoms with Gasteiger partial charge >= 0.3 is 6.03 Å². The molecule has 1 aromatic carbocycles. The highest BCUT2D eigenvalue weighted by molar-refractivity contribution is 7.99. The number of pyridine rings is 1. The Labute approximate surface area is 175 Å². The molecule has 1 aromatic heterocycles. The summed E-state index contributed by atoms with van der Waals surface area (Å²) in [5.41, 5.74) is 4.90. The SMILES string of the molecule is Cc1cc(C)c2c(n1)SCCN2C(=O)NCC(=O)NCc1ccc(N(C)C)cc1. The first-order chi connectivity index (χ1) is 13.8. The van der Waals surface area contributed by atoms with Gasteiger partial charge in [0.15, 0.2) is 0 Å². The van der Waals surface area contributed by atoms with Gasteiger partial charge in [0, 0.05) is 44.3 Å². The predicted molar refractivity (Wildman–Crippen MR) is 118 cm³/mol. The normalized spacial score (nSPS) is 12.9. The van der Waals surface area contributed by atoms with E-state index in [-0.39, 0.29) is 18.5 Å². The molecule has 0 atom stereocenters. The van der Waals surface area contributed by atoms with E-state index in [1.54, 1.807) is 16.7 Å².